The number of rotatable bonds is 4. The molecule has 0 fully saturated rings. The first-order chi connectivity index (χ1) is 11.8. The van der Waals surface area contributed by atoms with E-state index in [0.29, 0.717) is 10.2 Å². The lowest BCUT2D eigenvalue weighted by atomic mass is 10.2. The summed E-state index contributed by atoms with van der Waals surface area (Å²) in [5.74, 6) is 0.0663. The number of nitro groups is 1. The highest BCUT2D eigenvalue weighted by molar-refractivity contribution is 7.87. The number of fused-ring (bicyclic) bond motifs is 1. The number of hydrogen-bond donors (Lipinski definition) is 0. The van der Waals surface area contributed by atoms with E-state index in [2.05, 4.69) is 4.98 Å². The first-order valence-corrected chi connectivity index (χ1v) is 9.03. The Labute approximate surface area is 146 Å². The molecule has 0 aliphatic heterocycles. The van der Waals surface area contributed by atoms with Crippen LogP contribution in [0.3, 0.4) is 0 Å². The molecule has 0 saturated carbocycles. The van der Waals surface area contributed by atoms with Crippen molar-refractivity contribution in [2.24, 2.45) is 0 Å². The maximum absolute atomic E-state index is 12.4. The van der Waals surface area contributed by atoms with Gasteiger partial charge in [0.15, 0.2) is 5.01 Å². The van der Waals surface area contributed by atoms with Gasteiger partial charge in [0.25, 0.3) is 5.69 Å². The molecular weight excluding hydrogens is 366 g/mol. The molecule has 3 rings (SSSR count). The van der Waals surface area contributed by atoms with Gasteiger partial charge in [-0.15, -0.1) is 11.3 Å². The number of hydrogen-bond acceptors (Lipinski definition) is 8. The summed E-state index contributed by atoms with van der Waals surface area (Å²) in [5, 5.41) is 19.9. The normalized spacial score (nSPS) is 11.2. The molecule has 126 valence electrons. The van der Waals surface area contributed by atoms with Crippen molar-refractivity contribution in [1.82, 2.24) is 4.98 Å². The molecule has 0 saturated heterocycles. The topological polar surface area (TPSA) is 123 Å². The molecule has 2 aromatic carbocycles. The van der Waals surface area contributed by atoms with E-state index >= 15 is 0 Å². The Kier molecular flexibility index (Phi) is 4.12. The van der Waals surface area contributed by atoms with Crippen LogP contribution in [0.15, 0.2) is 41.3 Å². The molecule has 0 aliphatic rings. The Bertz CT molecular complexity index is 1150. The predicted molar refractivity (Wildman–Crippen MR) is 90.0 cm³/mol. The summed E-state index contributed by atoms with van der Waals surface area (Å²) < 4.78 is 30.5. The molecule has 8 nitrogen and oxygen atoms in total. The number of nitriles is 1. The van der Waals surface area contributed by atoms with E-state index in [0.717, 1.165) is 23.5 Å². The third-order valence-electron chi connectivity index (χ3n) is 3.32. The molecule has 3 aromatic rings. The Hall–Kier alpha value is -3.03. The molecule has 0 N–H and O–H groups in total. The number of nitrogens with zero attached hydrogens (tertiary/aromatic N) is 3. The molecule has 0 atom stereocenters. The van der Waals surface area contributed by atoms with Crippen LogP contribution in [-0.2, 0) is 10.1 Å². The minimum Gasteiger partial charge on any atom is -0.379 e. The largest absolute Gasteiger partial charge is 0.379 e. The van der Waals surface area contributed by atoms with Gasteiger partial charge in [0.1, 0.15) is 16.7 Å². The lowest BCUT2D eigenvalue weighted by Crippen LogP contribution is -2.10. The van der Waals surface area contributed by atoms with E-state index in [4.69, 9.17) is 9.44 Å². The van der Waals surface area contributed by atoms with Crippen LogP contribution in [0.4, 0.5) is 5.69 Å². The van der Waals surface area contributed by atoms with Gasteiger partial charge in [-0.25, -0.2) is 4.98 Å². The second-order valence-corrected chi connectivity index (χ2v) is 7.58. The van der Waals surface area contributed by atoms with Gasteiger partial charge in [-0.3, -0.25) is 10.1 Å². The van der Waals surface area contributed by atoms with Crippen molar-refractivity contribution >= 4 is 37.4 Å². The molecule has 0 radical (unpaired) electrons. The Morgan fingerprint density at radius 1 is 1.28 bits per heavy atom. The van der Waals surface area contributed by atoms with Crippen molar-refractivity contribution in [3.63, 3.8) is 0 Å². The first kappa shape index (κ1) is 16.8. The highest BCUT2D eigenvalue weighted by atomic mass is 32.2. The third-order valence-corrected chi connectivity index (χ3v) is 5.48. The average molecular weight is 375 g/mol. The molecule has 0 spiro atoms. The van der Waals surface area contributed by atoms with E-state index in [1.165, 1.54) is 25.1 Å². The molecular formula is C15H9N3O5S2. The van der Waals surface area contributed by atoms with Crippen LogP contribution in [0.25, 0.3) is 10.2 Å². The van der Waals surface area contributed by atoms with Crippen LogP contribution in [0.5, 0.6) is 5.75 Å². The number of aryl methyl sites for hydroxylation is 1. The number of nitro benzene ring substituents is 1. The van der Waals surface area contributed by atoms with Gasteiger partial charge >= 0.3 is 10.1 Å². The van der Waals surface area contributed by atoms with Crippen LogP contribution in [-0.4, -0.2) is 18.3 Å². The summed E-state index contributed by atoms with van der Waals surface area (Å²) in [6.45, 7) is 1.45. The second kappa shape index (κ2) is 6.12. The molecule has 25 heavy (non-hydrogen) atoms. The average Bonchev–Trinajstić information content (AvgIpc) is 2.96. The van der Waals surface area contributed by atoms with Gasteiger partial charge < -0.3 is 4.18 Å². The predicted octanol–water partition coefficient (Wildman–Crippen LogP) is 3.15. The maximum atomic E-state index is 12.4. The molecule has 0 unspecified atom stereocenters. The van der Waals surface area contributed by atoms with Crippen LogP contribution >= 0.6 is 11.3 Å². The Balaban J connectivity index is 1.95. The smallest absolute Gasteiger partial charge is 0.339 e. The fourth-order valence-electron chi connectivity index (χ4n) is 2.17. The van der Waals surface area contributed by atoms with E-state index in [9.17, 15) is 18.5 Å². The van der Waals surface area contributed by atoms with Crippen molar-refractivity contribution in [2.45, 2.75) is 11.8 Å². The van der Waals surface area contributed by atoms with Crippen molar-refractivity contribution in [3.05, 3.63) is 57.1 Å². The second-order valence-electron chi connectivity index (χ2n) is 5.00. The highest BCUT2D eigenvalue weighted by Gasteiger charge is 2.21. The fourth-order valence-corrected chi connectivity index (χ4v) is 3.97. The molecule has 10 heteroatoms. The Morgan fingerprint density at radius 2 is 2.04 bits per heavy atom. The van der Waals surface area contributed by atoms with Crippen molar-refractivity contribution in [3.8, 4) is 11.8 Å². The molecule has 1 heterocycles. The molecule has 1 aromatic heterocycles. The van der Waals surface area contributed by atoms with Crippen LogP contribution in [0.1, 0.15) is 10.6 Å². The standard InChI is InChI=1S/C15H9N3O5S2/c1-9-6-11(3-5-13(9)18(19)20)25(21,22)23-10-2-4-12-14(7-10)24-15(8-16)17-12/h2-7H,1H3. The lowest BCUT2D eigenvalue weighted by Gasteiger charge is -2.07. The van der Waals surface area contributed by atoms with Gasteiger partial charge in [-0.1, -0.05) is 0 Å². The highest BCUT2D eigenvalue weighted by Crippen LogP contribution is 2.29. The minimum atomic E-state index is -4.15. The van der Waals surface area contributed by atoms with Crippen LogP contribution in [0.2, 0.25) is 0 Å². The van der Waals surface area contributed by atoms with Crippen LogP contribution < -0.4 is 4.18 Å². The van der Waals surface area contributed by atoms with Crippen molar-refractivity contribution in [1.29, 1.82) is 5.26 Å². The van der Waals surface area contributed by atoms with Gasteiger partial charge in [0.2, 0.25) is 0 Å². The van der Waals surface area contributed by atoms with Gasteiger partial charge in [-0.05, 0) is 31.2 Å². The van der Waals surface area contributed by atoms with E-state index < -0.39 is 15.0 Å². The number of thiazole rings is 1. The zero-order valence-electron chi connectivity index (χ0n) is 12.7. The van der Waals surface area contributed by atoms with Gasteiger partial charge in [-0.2, -0.15) is 13.7 Å². The molecule has 0 aliphatic carbocycles. The monoisotopic (exact) mass is 375 g/mol. The van der Waals surface area contributed by atoms with Crippen molar-refractivity contribution in [2.75, 3.05) is 0 Å². The van der Waals surface area contributed by atoms with E-state index in [-0.39, 0.29) is 26.9 Å². The summed E-state index contributed by atoms with van der Waals surface area (Å²) in [4.78, 5) is 14.1. The lowest BCUT2D eigenvalue weighted by molar-refractivity contribution is -0.385. The van der Waals surface area contributed by atoms with E-state index in [1.807, 2.05) is 6.07 Å². The van der Waals surface area contributed by atoms with Crippen LogP contribution in [0, 0.1) is 28.4 Å². The SMILES string of the molecule is Cc1cc(S(=O)(=O)Oc2ccc3nc(C#N)sc3c2)ccc1[N+](=O)[O-]. The zero-order chi connectivity index (χ0) is 18.2. The van der Waals surface area contributed by atoms with Gasteiger partial charge in [0, 0.05) is 17.7 Å². The maximum Gasteiger partial charge on any atom is 0.339 e. The zero-order valence-corrected chi connectivity index (χ0v) is 14.3. The third kappa shape index (κ3) is 3.28. The first-order valence-electron chi connectivity index (χ1n) is 6.80. The summed E-state index contributed by atoms with van der Waals surface area (Å²) >= 11 is 1.12. The van der Waals surface area contributed by atoms with Crippen molar-refractivity contribution < 1.29 is 17.5 Å². The summed E-state index contributed by atoms with van der Waals surface area (Å²) in [5.41, 5.74) is 0.609. The quantitative estimate of drug-likeness (QED) is 0.390. The summed E-state index contributed by atoms with van der Waals surface area (Å²) in [6.07, 6.45) is 0. The number of benzene rings is 2. The molecule has 0 bridgehead atoms. The Morgan fingerprint density at radius 3 is 2.68 bits per heavy atom. The number of aromatic nitrogens is 1. The fraction of sp³-hybridized carbons (Fsp3) is 0.0667. The molecule has 0 amide bonds. The summed E-state index contributed by atoms with van der Waals surface area (Å²) in [6, 6.07) is 9.82. The minimum absolute atomic E-state index is 0.0663. The summed E-state index contributed by atoms with van der Waals surface area (Å²) in [7, 11) is -4.15. The van der Waals surface area contributed by atoms with E-state index in [1.54, 1.807) is 6.07 Å². The van der Waals surface area contributed by atoms with Gasteiger partial charge in [0.05, 0.1) is 15.1 Å².